The summed E-state index contributed by atoms with van der Waals surface area (Å²) in [6.45, 7) is 0. The molecule has 0 N–H and O–H groups in total. The first-order valence-corrected chi connectivity index (χ1v) is 19.5. The maximum atomic E-state index is 14.6. The SMILES string of the molecule is Fc1cccc(-c2cccc3cccc(-c4cccc(N(c5ccc6c(c5)C5(CCCCC5)c5ccccc5-6)c5ccc6oc7ccccc7c6c5)c4)c23)c1. The summed E-state index contributed by atoms with van der Waals surface area (Å²) >= 11 is 0. The van der Waals surface area contributed by atoms with Crippen LogP contribution in [0.1, 0.15) is 43.2 Å². The van der Waals surface area contributed by atoms with Gasteiger partial charge < -0.3 is 9.32 Å². The average Bonchev–Trinajstić information content (AvgIpc) is 3.73. The number of para-hydroxylation sites is 1. The minimum atomic E-state index is -0.237. The third kappa shape index (κ3) is 5.07. The quantitative estimate of drug-likeness (QED) is 0.177. The molecule has 0 saturated heterocycles. The molecule has 8 aromatic carbocycles. The van der Waals surface area contributed by atoms with Gasteiger partial charge in [-0.2, -0.15) is 0 Å². The molecule has 2 nitrogen and oxygen atoms in total. The minimum absolute atomic E-state index is 0.0364. The predicted octanol–water partition coefficient (Wildman–Crippen LogP) is 14.9. The number of benzene rings is 8. The molecule has 11 rings (SSSR count). The molecule has 0 aliphatic heterocycles. The second-order valence-corrected chi connectivity index (χ2v) is 15.3. The largest absolute Gasteiger partial charge is 0.456 e. The Balaban J connectivity index is 1.13. The highest BCUT2D eigenvalue weighted by Crippen LogP contribution is 2.57. The van der Waals surface area contributed by atoms with Gasteiger partial charge in [0.2, 0.25) is 0 Å². The number of hydrogen-bond donors (Lipinski definition) is 0. The van der Waals surface area contributed by atoms with Crippen LogP contribution in [-0.4, -0.2) is 0 Å². The summed E-state index contributed by atoms with van der Waals surface area (Å²) in [7, 11) is 0. The lowest BCUT2D eigenvalue weighted by molar-refractivity contribution is 0.353. The molecule has 0 unspecified atom stereocenters. The molecular formula is C52H38FNO. The second kappa shape index (κ2) is 12.6. The van der Waals surface area contributed by atoms with Gasteiger partial charge in [-0.05, 0) is 129 Å². The van der Waals surface area contributed by atoms with Crippen LogP contribution in [0.3, 0.4) is 0 Å². The minimum Gasteiger partial charge on any atom is -0.456 e. The van der Waals surface area contributed by atoms with E-state index < -0.39 is 0 Å². The smallest absolute Gasteiger partial charge is 0.135 e. The number of halogens is 1. The molecule has 0 radical (unpaired) electrons. The zero-order chi connectivity index (χ0) is 36.5. The Labute approximate surface area is 320 Å². The van der Waals surface area contributed by atoms with Gasteiger partial charge in [-0.15, -0.1) is 0 Å². The molecule has 2 aliphatic rings. The predicted molar refractivity (Wildman–Crippen MR) is 226 cm³/mol. The third-order valence-electron chi connectivity index (χ3n) is 12.3. The Morgan fingerprint density at radius 2 is 1.09 bits per heavy atom. The first-order chi connectivity index (χ1) is 27.1. The third-order valence-corrected chi connectivity index (χ3v) is 12.3. The second-order valence-electron chi connectivity index (χ2n) is 15.3. The van der Waals surface area contributed by atoms with E-state index in [0.717, 1.165) is 72.0 Å². The Morgan fingerprint density at radius 3 is 1.93 bits per heavy atom. The molecule has 2 aliphatic carbocycles. The highest BCUT2D eigenvalue weighted by Gasteiger charge is 2.43. The van der Waals surface area contributed by atoms with Gasteiger partial charge in [-0.3, -0.25) is 0 Å². The van der Waals surface area contributed by atoms with Crippen LogP contribution in [0.25, 0.3) is 66.1 Å². The van der Waals surface area contributed by atoms with Crippen molar-refractivity contribution >= 4 is 49.8 Å². The molecule has 3 heteroatoms. The van der Waals surface area contributed by atoms with Gasteiger partial charge in [-0.25, -0.2) is 4.39 Å². The zero-order valence-corrected chi connectivity index (χ0v) is 30.4. The van der Waals surface area contributed by atoms with Crippen LogP contribution >= 0.6 is 0 Å². The van der Waals surface area contributed by atoms with Gasteiger partial charge in [0.25, 0.3) is 0 Å². The van der Waals surface area contributed by atoms with Gasteiger partial charge >= 0.3 is 0 Å². The highest BCUT2D eigenvalue weighted by atomic mass is 19.1. The van der Waals surface area contributed by atoms with E-state index >= 15 is 0 Å². The summed E-state index contributed by atoms with van der Waals surface area (Å²) in [4.78, 5) is 2.42. The monoisotopic (exact) mass is 711 g/mol. The molecule has 1 spiro atoms. The van der Waals surface area contributed by atoms with Crippen LogP contribution in [0, 0.1) is 5.82 Å². The van der Waals surface area contributed by atoms with E-state index in [1.807, 2.05) is 18.2 Å². The number of fused-ring (bicyclic) bond motifs is 9. The van der Waals surface area contributed by atoms with Crippen LogP contribution in [0.15, 0.2) is 174 Å². The van der Waals surface area contributed by atoms with Crippen molar-refractivity contribution < 1.29 is 8.81 Å². The van der Waals surface area contributed by atoms with E-state index in [1.165, 1.54) is 60.4 Å². The summed E-state index contributed by atoms with van der Waals surface area (Å²) in [5.74, 6) is -0.237. The van der Waals surface area contributed by atoms with Crippen LogP contribution in [0.2, 0.25) is 0 Å². The number of nitrogens with zero attached hydrogens (tertiary/aromatic N) is 1. The molecular weight excluding hydrogens is 674 g/mol. The topological polar surface area (TPSA) is 16.4 Å². The summed E-state index contributed by atoms with van der Waals surface area (Å²) in [6.07, 6.45) is 6.15. The maximum Gasteiger partial charge on any atom is 0.135 e. The first kappa shape index (κ1) is 32.0. The van der Waals surface area contributed by atoms with Gasteiger partial charge in [0.05, 0.1) is 0 Å². The van der Waals surface area contributed by atoms with E-state index in [4.69, 9.17) is 4.42 Å². The average molecular weight is 712 g/mol. The number of hydrogen-bond acceptors (Lipinski definition) is 2. The molecule has 1 heterocycles. The van der Waals surface area contributed by atoms with E-state index in [2.05, 4.69) is 138 Å². The zero-order valence-electron chi connectivity index (χ0n) is 30.4. The van der Waals surface area contributed by atoms with Crippen LogP contribution in [0.4, 0.5) is 21.5 Å². The van der Waals surface area contributed by atoms with Crippen molar-refractivity contribution in [3.8, 4) is 33.4 Å². The lowest BCUT2D eigenvalue weighted by Crippen LogP contribution is -2.28. The fraction of sp³-hybridized carbons (Fsp3) is 0.115. The molecule has 0 atom stereocenters. The van der Waals surface area contributed by atoms with Crippen molar-refractivity contribution in [2.45, 2.75) is 37.5 Å². The van der Waals surface area contributed by atoms with Crippen molar-refractivity contribution in [2.75, 3.05) is 4.90 Å². The van der Waals surface area contributed by atoms with Gasteiger partial charge in [0.1, 0.15) is 17.0 Å². The van der Waals surface area contributed by atoms with Gasteiger partial charge in [0.15, 0.2) is 0 Å². The summed E-state index contributed by atoms with van der Waals surface area (Å²) in [5.41, 5.74) is 14.9. The number of rotatable bonds is 5. The molecule has 1 saturated carbocycles. The molecule has 264 valence electrons. The van der Waals surface area contributed by atoms with Gasteiger partial charge in [-0.1, -0.05) is 128 Å². The summed E-state index contributed by atoms with van der Waals surface area (Å²) in [5, 5.41) is 4.44. The maximum absolute atomic E-state index is 14.6. The normalized spacial score (nSPS) is 14.4. The first-order valence-electron chi connectivity index (χ1n) is 19.5. The van der Waals surface area contributed by atoms with E-state index in [9.17, 15) is 4.39 Å². The Kier molecular flexibility index (Phi) is 7.32. The van der Waals surface area contributed by atoms with Gasteiger partial charge in [0, 0.05) is 33.2 Å². The Bertz CT molecular complexity index is 2940. The fourth-order valence-electron chi connectivity index (χ4n) is 9.87. The van der Waals surface area contributed by atoms with Crippen molar-refractivity contribution in [1.82, 2.24) is 0 Å². The summed E-state index contributed by atoms with van der Waals surface area (Å²) in [6, 6.07) is 59.7. The molecule has 55 heavy (non-hydrogen) atoms. The molecule has 1 aromatic heterocycles. The Hall–Kier alpha value is -6.45. The van der Waals surface area contributed by atoms with Crippen molar-refractivity contribution in [2.24, 2.45) is 0 Å². The highest BCUT2D eigenvalue weighted by molar-refractivity contribution is 6.08. The molecule has 0 amide bonds. The fourth-order valence-corrected chi connectivity index (χ4v) is 9.87. The molecule has 1 fully saturated rings. The van der Waals surface area contributed by atoms with Crippen molar-refractivity contribution in [3.05, 3.63) is 187 Å². The van der Waals surface area contributed by atoms with E-state index in [-0.39, 0.29) is 11.2 Å². The Morgan fingerprint density at radius 1 is 0.455 bits per heavy atom. The van der Waals surface area contributed by atoms with Crippen LogP contribution < -0.4 is 4.90 Å². The van der Waals surface area contributed by atoms with Crippen molar-refractivity contribution in [1.29, 1.82) is 0 Å². The van der Waals surface area contributed by atoms with E-state index in [1.54, 1.807) is 12.1 Å². The standard InChI is InChI=1S/C52H38FNO/c53-37-16-8-14-35(30-37)41-20-10-12-34-13-11-21-42(51(34)41)36-15-9-17-38(31-36)54(39-25-27-50-46(32-39)45-19-3-5-23-49(45)55-50)40-24-26-44-43-18-2-4-22-47(43)52(48(44)33-40)28-6-1-7-29-52/h2-5,8-27,30-33H,1,6-7,28-29H2. The molecule has 9 aromatic rings. The number of anilines is 3. The number of furan rings is 1. The lowest BCUT2D eigenvalue weighted by Gasteiger charge is -2.36. The van der Waals surface area contributed by atoms with Crippen molar-refractivity contribution in [3.63, 3.8) is 0 Å². The lowest BCUT2D eigenvalue weighted by atomic mass is 9.68. The van der Waals surface area contributed by atoms with E-state index in [0.29, 0.717) is 0 Å². The summed E-state index contributed by atoms with van der Waals surface area (Å²) < 4.78 is 20.9. The molecule has 0 bridgehead atoms. The van der Waals surface area contributed by atoms with Crippen LogP contribution in [-0.2, 0) is 5.41 Å². The van der Waals surface area contributed by atoms with Crippen LogP contribution in [0.5, 0.6) is 0 Å².